The maximum Gasteiger partial charge on any atom is 0.0508 e. The second kappa shape index (κ2) is 6.30. The summed E-state index contributed by atoms with van der Waals surface area (Å²) in [5, 5.41) is 4.76. The molecule has 1 aromatic heterocycles. The molecule has 0 atom stereocenters. The van der Waals surface area contributed by atoms with E-state index in [-0.39, 0.29) is 0 Å². The molecular formula is C19H21N3S. The first-order chi connectivity index (χ1) is 11.3. The van der Waals surface area contributed by atoms with Crippen molar-refractivity contribution >= 4 is 28.4 Å². The van der Waals surface area contributed by atoms with Crippen molar-refractivity contribution < 1.29 is 0 Å². The van der Waals surface area contributed by atoms with Gasteiger partial charge in [-0.25, -0.2) is 0 Å². The number of fused-ring (bicyclic) bond motifs is 1. The Hall–Kier alpha value is -1.91. The molecule has 4 heteroatoms. The summed E-state index contributed by atoms with van der Waals surface area (Å²) in [6, 6.07) is 17.4. The van der Waals surface area contributed by atoms with Gasteiger partial charge in [-0.15, -0.1) is 0 Å². The van der Waals surface area contributed by atoms with Crippen molar-refractivity contribution in [2.24, 2.45) is 7.05 Å². The zero-order valence-corrected chi connectivity index (χ0v) is 14.1. The molecule has 1 aliphatic heterocycles. The molecule has 2 aromatic carbocycles. The molecule has 3 nitrogen and oxygen atoms in total. The minimum Gasteiger partial charge on any atom is -0.368 e. The first-order valence-electron chi connectivity index (χ1n) is 8.09. The summed E-state index contributed by atoms with van der Waals surface area (Å²) in [5.74, 6) is 0. The molecule has 0 bridgehead atoms. The van der Waals surface area contributed by atoms with Crippen LogP contribution >= 0.6 is 11.8 Å². The van der Waals surface area contributed by atoms with Crippen molar-refractivity contribution in [3.63, 3.8) is 0 Å². The van der Waals surface area contributed by atoms with Crippen LogP contribution in [0.1, 0.15) is 0 Å². The van der Waals surface area contributed by atoms with Gasteiger partial charge in [0.1, 0.15) is 0 Å². The Balaban J connectivity index is 1.71. The third-order valence-electron chi connectivity index (χ3n) is 4.40. The molecule has 0 unspecified atom stereocenters. The number of hydrogen-bond donors (Lipinski definition) is 1. The molecule has 0 amide bonds. The highest BCUT2D eigenvalue weighted by atomic mass is 32.2. The highest BCUT2D eigenvalue weighted by molar-refractivity contribution is 7.99. The van der Waals surface area contributed by atoms with Crippen LogP contribution in [-0.4, -0.2) is 30.7 Å². The van der Waals surface area contributed by atoms with Crippen LogP contribution in [0.5, 0.6) is 0 Å². The van der Waals surface area contributed by atoms with Crippen LogP contribution in [0.15, 0.2) is 64.5 Å². The SMILES string of the molecule is Cn1cc(Sc2ccccc2N2CCNCC2)c2ccccc21. The topological polar surface area (TPSA) is 20.2 Å². The van der Waals surface area contributed by atoms with E-state index in [1.807, 2.05) is 11.8 Å². The van der Waals surface area contributed by atoms with Gasteiger partial charge in [-0.1, -0.05) is 42.1 Å². The second-order valence-corrected chi connectivity index (χ2v) is 7.01. The normalized spacial score (nSPS) is 15.3. The van der Waals surface area contributed by atoms with Crippen LogP contribution in [0.2, 0.25) is 0 Å². The van der Waals surface area contributed by atoms with Crippen LogP contribution in [0.4, 0.5) is 5.69 Å². The number of nitrogens with one attached hydrogen (secondary N) is 1. The molecule has 1 fully saturated rings. The predicted molar refractivity (Wildman–Crippen MR) is 98.6 cm³/mol. The third kappa shape index (κ3) is 2.84. The summed E-state index contributed by atoms with van der Waals surface area (Å²) in [6.07, 6.45) is 2.24. The van der Waals surface area contributed by atoms with Crippen LogP contribution < -0.4 is 10.2 Å². The number of anilines is 1. The number of para-hydroxylation sites is 2. The Bertz CT molecular complexity index is 818. The molecule has 1 N–H and O–H groups in total. The van der Waals surface area contributed by atoms with E-state index in [9.17, 15) is 0 Å². The minimum absolute atomic E-state index is 1.06. The smallest absolute Gasteiger partial charge is 0.0508 e. The molecule has 118 valence electrons. The second-order valence-electron chi connectivity index (χ2n) is 5.93. The number of nitrogens with zero attached hydrogens (tertiary/aromatic N) is 2. The van der Waals surface area contributed by atoms with Gasteiger partial charge in [-0.2, -0.15) is 0 Å². The number of piperazine rings is 1. The Morgan fingerprint density at radius 1 is 0.913 bits per heavy atom. The van der Waals surface area contributed by atoms with Gasteiger partial charge < -0.3 is 14.8 Å². The van der Waals surface area contributed by atoms with E-state index in [0.29, 0.717) is 0 Å². The number of rotatable bonds is 3. The van der Waals surface area contributed by atoms with Crippen molar-refractivity contribution in [3.05, 3.63) is 54.7 Å². The minimum atomic E-state index is 1.06. The molecule has 23 heavy (non-hydrogen) atoms. The summed E-state index contributed by atoms with van der Waals surface area (Å²) < 4.78 is 2.21. The average Bonchev–Trinajstić information content (AvgIpc) is 2.93. The Morgan fingerprint density at radius 3 is 2.52 bits per heavy atom. The zero-order chi connectivity index (χ0) is 15.6. The van der Waals surface area contributed by atoms with Crippen LogP contribution in [0.25, 0.3) is 10.9 Å². The number of aromatic nitrogens is 1. The molecule has 0 radical (unpaired) electrons. The maximum atomic E-state index is 3.43. The monoisotopic (exact) mass is 323 g/mol. The Morgan fingerprint density at radius 2 is 1.65 bits per heavy atom. The lowest BCUT2D eigenvalue weighted by atomic mass is 10.2. The molecule has 0 saturated carbocycles. The van der Waals surface area contributed by atoms with Gasteiger partial charge in [-0.05, 0) is 18.2 Å². The van der Waals surface area contributed by atoms with E-state index < -0.39 is 0 Å². The van der Waals surface area contributed by atoms with Crippen molar-refractivity contribution in [1.82, 2.24) is 9.88 Å². The van der Waals surface area contributed by atoms with Crippen molar-refractivity contribution in [2.75, 3.05) is 31.1 Å². The summed E-state index contributed by atoms with van der Waals surface area (Å²) in [6.45, 7) is 4.28. The summed E-state index contributed by atoms with van der Waals surface area (Å²) >= 11 is 1.88. The first kappa shape index (κ1) is 14.7. The fraction of sp³-hybridized carbons (Fsp3) is 0.263. The van der Waals surface area contributed by atoms with E-state index in [2.05, 4.69) is 76.6 Å². The van der Waals surface area contributed by atoms with Crippen LogP contribution in [-0.2, 0) is 7.05 Å². The standard InChI is InChI=1S/C19H21N3S/c1-21-14-19(15-6-2-3-7-16(15)21)23-18-9-5-4-8-17(18)22-12-10-20-11-13-22/h2-9,14,20H,10-13H2,1H3. The van der Waals surface area contributed by atoms with E-state index in [1.54, 1.807) is 0 Å². The molecule has 3 aromatic rings. The molecule has 2 heterocycles. The molecule has 1 saturated heterocycles. The molecule has 0 spiro atoms. The van der Waals surface area contributed by atoms with Crippen LogP contribution in [0.3, 0.4) is 0 Å². The van der Waals surface area contributed by atoms with E-state index in [0.717, 1.165) is 26.2 Å². The fourth-order valence-corrected chi connectivity index (χ4v) is 4.39. The summed E-state index contributed by atoms with van der Waals surface area (Å²) in [4.78, 5) is 5.15. The Kier molecular flexibility index (Phi) is 4.02. The van der Waals surface area contributed by atoms with Gasteiger partial charge in [0, 0.05) is 60.1 Å². The molecular weight excluding hydrogens is 302 g/mol. The lowest BCUT2D eigenvalue weighted by molar-refractivity contribution is 0.587. The quantitative estimate of drug-likeness (QED) is 0.793. The number of hydrogen-bond acceptors (Lipinski definition) is 3. The molecule has 4 rings (SSSR count). The van der Waals surface area contributed by atoms with Crippen LogP contribution in [0, 0.1) is 0 Å². The van der Waals surface area contributed by atoms with Gasteiger partial charge in [0.15, 0.2) is 0 Å². The summed E-state index contributed by atoms with van der Waals surface area (Å²) in [7, 11) is 2.12. The highest BCUT2D eigenvalue weighted by Crippen LogP contribution is 2.39. The fourth-order valence-electron chi connectivity index (χ4n) is 3.21. The Labute approximate surface area is 141 Å². The first-order valence-corrected chi connectivity index (χ1v) is 8.91. The maximum absolute atomic E-state index is 3.43. The number of benzene rings is 2. The predicted octanol–water partition coefficient (Wildman–Crippen LogP) is 3.74. The zero-order valence-electron chi connectivity index (χ0n) is 13.3. The van der Waals surface area contributed by atoms with Crippen molar-refractivity contribution in [1.29, 1.82) is 0 Å². The van der Waals surface area contributed by atoms with Gasteiger partial charge in [0.05, 0.1) is 5.69 Å². The van der Waals surface area contributed by atoms with Gasteiger partial charge in [0.25, 0.3) is 0 Å². The average molecular weight is 323 g/mol. The largest absolute Gasteiger partial charge is 0.368 e. The van der Waals surface area contributed by atoms with E-state index in [4.69, 9.17) is 0 Å². The lowest BCUT2D eigenvalue weighted by Gasteiger charge is -2.30. The summed E-state index contributed by atoms with van der Waals surface area (Å²) in [5.41, 5.74) is 2.64. The van der Waals surface area contributed by atoms with Crippen molar-refractivity contribution in [2.45, 2.75) is 9.79 Å². The molecule has 0 aliphatic carbocycles. The van der Waals surface area contributed by atoms with E-state index >= 15 is 0 Å². The third-order valence-corrected chi connectivity index (χ3v) is 5.51. The lowest BCUT2D eigenvalue weighted by Crippen LogP contribution is -2.43. The van der Waals surface area contributed by atoms with Crippen molar-refractivity contribution in [3.8, 4) is 0 Å². The highest BCUT2D eigenvalue weighted by Gasteiger charge is 2.16. The van der Waals surface area contributed by atoms with Gasteiger partial charge in [0.2, 0.25) is 0 Å². The number of aryl methyl sites for hydroxylation is 1. The van der Waals surface area contributed by atoms with Gasteiger partial charge >= 0.3 is 0 Å². The van der Waals surface area contributed by atoms with Gasteiger partial charge in [-0.3, -0.25) is 0 Å². The molecule has 1 aliphatic rings. The van der Waals surface area contributed by atoms with E-state index in [1.165, 1.54) is 26.4 Å².